The Morgan fingerprint density at radius 3 is 2.33 bits per heavy atom. The summed E-state index contributed by atoms with van der Waals surface area (Å²) in [5, 5.41) is 8.87. The molecule has 0 aliphatic carbocycles. The van der Waals surface area contributed by atoms with Gasteiger partial charge in [-0.1, -0.05) is 18.2 Å². The van der Waals surface area contributed by atoms with Crippen LogP contribution >= 0.6 is 0 Å². The van der Waals surface area contributed by atoms with E-state index in [9.17, 15) is 8.42 Å². The molecule has 0 spiro atoms. The summed E-state index contributed by atoms with van der Waals surface area (Å²) in [7, 11) is -3.34. The number of aliphatic hydroxyl groups is 1. The van der Waals surface area contributed by atoms with Gasteiger partial charge in [0.1, 0.15) is 6.54 Å². The molecule has 1 fully saturated rings. The van der Waals surface area contributed by atoms with Crippen molar-refractivity contribution in [1.82, 2.24) is 4.31 Å². The SMILES string of the molecule is O=S(=O)(c1ccccc1)N1CC[NH+](CCO)CC1. The lowest BCUT2D eigenvalue weighted by molar-refractivity contribution is -0.904. The highest BCUT2D eigenvalue weighted by Crippen LogP contribution is 2.14. The lowest BCUT2D eigenvalue weighted by Crippen LogP contribution is -3.15. The summed E-state index contributed by atoms with van der Waals surface area (Å²) >= 11 is 0. The van der Waals surface area contributed by atoms with E-state index in [0.29, 0.717) is 24.5 Å². The highest BCUT2D eigenvalue weighted by atomic mass is 32.2. The predicted molar refractivity (Wildman–Crippen MR) is 67.9 cm³/mol. The number of nitrogens with one attached hydrogen (secondary N) is 1. The van der Waals surface area contributed by atoms with Crippen LogP contribution in [0, 0.1) is 0 Å². The quantitative estimate of drug-likeness (QED) is 0.706. The van der Waals surface area contributed by atoms with Crippen LogP contribution in [0.4, 0.5) is 0 Å². The maximum Gasteiger partial charge on any atom is 0.243 e. The minimum Gasteiger partial charge on any atom is -0.391 e. The van der Waals surface area contributed by atoms with E-state index in [0.717, 1.165) is 13.1 Å². The third-order valence-corrected chi connectivity index (χ3v) is 5.19. The standard InChI is InChI=1S/C12H18N2O3S/c15-11-10-13-6-8-14(9-7-13)18(16,17)12-4-2-1-3-5-12/h1-5,15H,6-11H2/p+1. The number of piperazine rings is 1. The summed E-state index contributed by atoms with van der Waals surface area (Å²) in [4.78, 5) is 1.62. The summed E-state index contributed by atoms with van der Waals surface area (Å²) in [6, 6.07) is 8.53. The molecular weight excluding hydrogens is 252 g/mol. The first-order valence-electron chi connectivity index (χ1n) is 6.14. The molecule has 0 radical (unpaired) electrons. The molecule has 0 amide bonds. The first kappa shape index (κ1) is 13.5. The van der Waals surface area contributed by atoms with Gasteiger partial charge in [-0.3, -0.25) is 0 Å². The van der Waals surface area contributed by atoms with Gasteiger partial charge in [0.2, 0.25) is 10.0 Å². The van der Waals surface area contributed by atoms with Gasteiger partial charge in [0.15, 0.2) is 0 Å². The highest BCUT2D eigenvalue weighted by molar-refractivity contribution is 7.89. The van der Waals surface area contributed by atoms with Gasteiger partial charge in [0.25, 0.3) is 0 Å². The number of rotatable bonds is 4. The zero-order chi connectivity index (χ0) is 13.0. The van der Waals surface area contributed by atoms with Gasteiger partial charge in [-0.05, 0) is 12.1 Å². The smallest absolute Gasteiger partial charge is 0.243 e. The molecule has 0 saturated carbocycles. The van der Waals surface area contributed by atoms with Crippen LogP contribution in [-0.2, 0) is 10.0 Å². The van der Waals surface area contributed by atoms with Gasteiger partial charge in [0.05, 0.1) is 37.7 Å². The average molecular weight is 271 g/mol. The molecule has 100 valence electrons. The molecule has 0 bridgehead atoms. The third kappa shape index (κ3) is 2.89. The van der Waals surface area contributed by atoms with E-state index in [1.807, 2.05) is 6.07 Å². The highest BCUT2D eigenvalue weighted by Gasteiger charge is 2.29. The maximum absolute atomic E-state index is 12.3. The van der Waals surface area contributed by atoms with Crippen molar-refractivity contribution in [3.63, 3.8) is 0 Å². The Morgan fingerprint density at radius 2 is 1.78 bits per heavy atom. The van der Waals surface area contributed by atoms with Gasteiger partial charge in [-0.15, -0.1) is 0 Å². The normalized spacial score (nSPS) is 18.9. The molecule has 1 aromatic rings. The Labute approximate surface area is 108 Å². The molecule has 5 nitrogen and oxygen atoms in total. The molecular formula is C12H19N2O3S+. The van der Waals surface area contributed by atoms with Crippen LogP contribution in [0.1, 0.15) is 0 Å². The number of quaternary nitrogens is 1. The van der Waals surface area contributed by atoms with Crippen molar-refractivity contribution < 1.29 is 18.4 Å². The van der Waals surface area contributed by atoms with Gasteiger partial charge in [-0.25, -0.2) is 8.42 Å². The molecule has 1 saturated heterocycles. The van der Waals surface area contributed by atoms with Crippen molar-refractivity contribution >= 4 is 10.0 Å². The predicted octanol–water partition coefficient (Wildman–Crippen LogP) is -1.43. The molecule has 0 unspecified atom stereocenters. The number of benzene rings is 1. The number of nitrogens with zero attached hydrogens (tertiary/aromatic N) is 1. The second kappa shape index (κ2) is 5.79. The van der Waals surface area contributed by atoms with E-state index in [1.165, 1.54) is 9.21 Å². The summed E-state index contributed by atoms with van der Waals surface area (Å²) in [6.07, 6.45) is 0. The fraction of sp³-hybridized carbons (Fsp3) is 0.500. The van der Waals surface area contributed by atoms with E-state index in [2.05, 4.69) is 0 Å². The van der Waals surface area contributed by atoms with Crippen LogP contribution in [-0.4, -0.2) is 57.2 Å². The van der Waals surface area contributed by atoms with Crippen molar-refractivity contribution in [1.29, 1.82) is 0 Å². The topological polar surface area (TPSA) is 62.0 Å². The molecule has 6 heteroatoms. The maximum atomic E-state index is 12.3. The van der Waals surface area contributed by atoms with Crippen molar-refractivity contribution in [3.8, 4) is 0 Å². The summed E-state index contributed by atoms with van der Waals surface area (Å²) in [5.41, 5.74) is 0. The van der Waals surface area contributed by atoms with Crippen molar-refractivity contribution in [3.05, 3.63) is 30.3 Å². The van der Waals surface area contributed by atoms with Crippen molar-refractivity contribution in [2.45, 2.75) is 4.90 Å². The first-order chi connectivity index (χ1) is 8.64. The zero-order valence-corrected chi connectivity index (χ0v) is 11.1. The fourth-order valence-corrected chi connectivity index (χ4v) is 3.65. The van der Waals surface area contributed by atoms with E-state index in [4.69, 9.17) is 5.11 Å². The van der Waals surface area contributed by atoms with Crippen LogP contribution in [0.2, 0.25) is 0 Å². The summed E-state index contributed by atoms with van der Waals surface area (Å²) in [5.74, 6) is 0. The van der Waals surface area contributed by atoms with Gasteiger partial charge in [-0.2, -0.15) is 4.31 Å². The largest absolute Gasteiger partial charge is 0.391 e. The van der Waals surface area contributed by atoms with Crippen LogP contribution in [0.3, 0.4) is 0 Å². The summed E-state index contributed by atoms with van der Waals surface area (Å²) < 4.78 is 26.2. The number of sulfonamides is 1. The molecule has 2 N–H and O–H groups in total. The number of aliphatic hydroxyl groups excluding tert-OH is 1. The number of hydrogen-bond acceptors (Lipinski definition) is 3. The second-order valence-corrected chi connectivity index (χ2v) is 6.38. The first-order valence-corrected chi connectivity index (χ1v) is 7.58. The Morgan fingerprint density at radius 1 is 1.17 bits per heavy atom. The lowest BCUT2D eigenvalue weighted by atomic mass is 10.4. The zero-order valence-electron chi connectivity index (χ0n) is 10.2. The van der Waals surface area contributed by atoms with E-state index < -0.39 is 10.0 Å². The molecule has 0 aromatic heterocycles. The fourth-order valence-electron chi connectivity index (χ4n) is 2.19. The van der Waals surface area contributed by atoms with E-state index in [1.54, 1.807) is 24.3 Å². The number of hydrogen-bond donors (Lipinski definition) is 2. The van der Waals surface area contributed by atoms with Gasteiger partial charge >= 0.3 is 0 Å². The lowest BCUT2D eigenvalue weighted by Gasteiger charge is -2.31. The van der Waals surface area contributed by atoms with E-state index >= 15 is 0 Å². The Kier molecular flexibility index (Phi) is 4.34. The molecule has 1 aromatic carbocycles. The Bertz CT molecular complexity index is 467. The molecule has 1 heterocycles. The molecule has 18 heavy (non-hydrogen) atoms. The Hall–Kier alpha value is -0.950. The molecule has 1 aliphatic heterocycles. The van der Waals surface area contributed by atoms with Crippen LogP contribution in [0.25, 0.3) is 0 Å². The van der Waals surface area contributed by atoms with E-state index in [-0.39, 0.29) is 6.61 Å². The summed E-state index contributed by atoms with van der Waals surface area (Å²) in [6.45, 7) is 3.40. The van der Waals surface area contributed by atoms with Gasteiger partial charge < -0.3 is 10.0 Å². The van der Waals surface area contributed by atoms with Gasteiger partial charge in [0, 0.05) is 0 Å². The van der Waals surface area contributed by atoms with Crippen molar-refractivity contribution in [2.24, 2.45) is 0 Å². The monoisotopic (exact) mass is 271 g/mol. The molecule has 2 rings (SSSR count). The Balaban J connectivity index is 2.05. The second-order valence-electron chi connectivity index (χ2n) is 4.44. The third-order valence-electron chi connectivity index (χ3n) is 3.28. The molecule has 0 atom stereocenters. The van der Waals surface area contributed by atoms with Crippen LogP contribution in [0.15, 0.2) is 35.2 Å². The minimum absolute atomic E-state index is 0.154. The minimum atomic E-state index is -3.34. The van der Waals surface area contributed by atoms with Crippen LogP contribution < -0.4 is 4.90 Å². The molecule has 1 aliphatic rings. The van der Waals surface area contributed by atoms with Crippen LogP contribution in [0.5, 0.6) is 0 Å². The average Bonchev–Trinajstić information content (AvgIpc) is 2.41. The van der Waals surface area contributed by atoms with Crippen molar-refractivity contribution in [2.75, 3.05) is 39.3 Å².